The second-order valence-electron chi connectivity index (χ2n) is 5.90. The predicted octanol–water partition coefficient (Wildman–Crippen LogP) is 1.30. The van der Waals surface area contributed by atoms with Crippen LogP contribution in [0.3, 0.4) is 0 Å². The largest absolute Gasteiger partial charge is 0.399 e. The van der Waals surface area contributed by atoms with Crippen LogP contribution in [0.4, 0.5) is 17.1 Å². The van der Waals surface area contributed by atoms with Gasteiger partial charge in [0, 0.05) is 42.0 Å². The zero-order valence-corrected chi connectivity index (χ0v) is 14.8. The van der Waals surface area contributed by atoms with Gasteiger partial charge in [-0.15, -0.1) is 0 Å². The van der Waals surface area contributed by atoms with Crippen molar-refractivity contribution >= 4 is 34.7 Å². The summed E-state index contributed by atoms with van der Waals surface area (Å²) in [5, 5.41) is 19.2. The van der Waals surface area contributed by atoms with E-state index in [0.29, 0.717) is 22.6 Å². The molecule has 0 aliphatic carbocycles. The quantitative estimate of drug-likeness (QED) is 0.270. The number of amidine groups is 1. The molecule has 2 rings (SSSR count). The predicted molar refractivity (Wildman–Crippen MR) is 106 cm³/mol. The molecule has 0 aliphatic rings. The van der Waals surface area contributed by atoms with Crippen molar-refractivity contribution < 1.29 is 14.7 Å². The van der Waals surface area contributed by atoms with E-state index in [1.165, 1.54) is 4.90 Å². The summed E-state index contributed by atoms with van der Waals surface area (Å²) in [7, 11) is 0. The van der Waals surface area contributed by atoms with E-state index in [2.05, 4.69) is 5.32 Å². The van der Waals surface area contributed by atoms with Crippen LogP contribution in [0.15, 0.2) is 48.5 Å². The number of nitrogens with zero attached hydrogens (tertiary/aromatic N) is 1. The van der Waals surface area contributed by atoms with Gasteiger partial charge in [0.05, 0.1) is 6.61 Å². The summed E-state index contributed by atoms with van der Waals surface area (Å²) >= 11 is 0. The highest BCUT2D eigenvalue weighted by molar-refractivity contribution is 5.99. The molecule has 0 radical (unpaired) electrons. The first-order chi connectivity index (χ1) is 12.9. The van der Waals surface area contributed by atoms with Crippen LogP contribution in [0.25, 0.3) is 0 Å². The summed E-state index contributed by atoms with van der Waals surface area (Å²) in [5.74, 6) is -0.624. The van der Waals surface area contributed by atoms with E-state index in [1.54, 1.807) is 48.5 Å². The maximum absolute atomic E-state index is 12.5. The van der Waals surface area contributed by atoms with Crippen LogP contribution in [-0.2, 0) is 9.59 Å². The van der Waals surface area contributed by atoms with Crippen molar-refractivity contribution in [3.8, 4) is 0 Å². The normalized spacial score (nSPS) is 10.3. The Hall–Kier alpha value is -3.39. The molecule has 0 saturated heterocycles. The molecule has 0 aromatic heterocycles. The Morgan fingerprint density at radius 1 is 1.04 bits per heavy atom. The smallest absolute Gasteiger partial charge is 0.227 e. The number of amides is 2. The van der Waals surface area contributed by atoms with Crippen LogP contribution in [0, 0.1) is 5.41 Å². The number of aliphatic hydroxyl groups excluding tert-OH is 1. The molecular formula is C19H23N5O3. The molecule has 0 unspecified atom stereocenters. The number of hydrogen-bond acceptors (Lipinski definition) is 5. The molecule has 7 N–H and O–H groups in total. The molecule has 0 bridgehead atoms. The fraction of sp³-hybridized carbons (Fsp3) is 0.211. The number of carbonyl (C=O) groups is 2. The average molecular weight is 369 g/mol. The summed E-state index contributed by atoms with van der Waals surface area (Å²) in [6.07, 6.45) is 0.00589. The summed E-state index contributed by atoms with van der Waals surface area (Å²) in [5.41, 5.74) is 13.3. The van der Waals surface area contributed by atoms with Crippen molar-refractivity contribution in [1.29, 1.82) is 5.41 Å². The summed E-state index contributed by atoms with van der Waals surface area (Å²) in [6.45, 7) is -0.0539. The third-order valence-corrected chi connectivity index (χ3v) is 3.88. The third-order valence-electron chi connectivity index (χ3n) is 3.88. The fourth-order valence-electron chi connectivity index (χ4n) is 2.46. The Balaban J connectivity index is 1.92. The molecule has 8 heteroatoms. The van der Waals surface area contributed by atoms with Gasteiger partial charge < -0.3 is 26.8 Å². The van der Waals surface area contributed by atoms with E-state index >= 15 is 0 Å². The highest BCUT2D eigenvalue weighted by atomic mass is 16.3. The second-order valence-corrected chi connectivity index (χ2v) is 5.90. The van der Waals surface area contributed by atoms with E-state index in [-0.39, 0.29) is 43.6 Å². The molecule has 0 aliphatic heterocycles. The van der Waals surface area contributed by atoms with Gasteiger partial charge in [0.25, 0.3) is 0 Å². The van der Waals surface area contributed by atoms with Gasteiger partial charge in [0.2, 0.25) is 11.8 Å². The van der Waals surface area contributed by atoms with Crippen LogP contribution in [-0.4, -0.2) is 35.9 Å². The van der Waals surface area contributed by atoms with Crippen LogP contribution < -0.4 is 21.7 Å². The lowest BCUT2D eigenvalue weighted by Crippen LogP contribution is -2.34. The molecule has 0 fully saturated rings. The second kappa shape index (κ2) is 9.35. The number of rotatable bonds is 8. The third kappa shape index (κ3) is 5.82. The topological polar surface area (TPSA) is 146 Å². The van der Waals surface area contributed by atoms with Gasteiger partial charge in [-0.1, -0.05) is 0 Å². The lowest BCUT2D eigenvalue weighted by atomic mass is 10.2. The van der Waals surface area contributed by atoms with Gasteiger partial charge in [-0.05, 0) is 48.5 Å². The number of nitrogens with one attached hydrogen (secondary N) is 2. The van der Waals surface area contributed by atoms with Gasteiger partial charge in [0.15, 0.2) is 0 Å². The Kier molecular flexibility index (Phi) is 6.90. The zero-order valence-electron chi connectivity index (χ0n) is 14.8. The van der Waals surface area contributed by atoms with E-state index in [1.807, 2.05) is 0 Å². The molecule has 2 aromatic rings. The minimum Gasteiger partial charge on any atom is -0.399 e. The summed E-state index contributed by atoms with van der Waals surface area (Å²) in [6, 6.07) is 13.3. The molecule has 0 heterocycles. The van der Waals surface area contributed by atoms with E-state index in [4.69, 9.17) is 16.9 Å². The van der Waals surface area contributed by atoms with Crippen molar-refractivity contribution in [2.75, 3.05) is 29.1 Å². The lowest BCUT2D eigenvalue weighted by molar-refractivity contribution is -0.122. The molecular weight excluding hydrogens is 346 g/mol. The van der Waals surface area contributed by atoms with Crippen molar-refractivity contribution in [2.24, 2.45) is 5.73 Å². The van der Waals surface area contributed by atoms with Gasteiger partial charge in [-0.2, -0.15) is 0 Å². The van der Waals surface area contributed by atoms with Crippen LogP contribution in [0.1, 0.15) is 18.4 Å². The summed E-state index contributed by atoms with van der Waals surface area (Å²) in [4.78, 5) is 26.0. The molecule has 0 atom stereocenters. The Bertz CT molecular complexity index is 803. The number of anilines is 3. The number of aliphatic hydroxyl groups is 1. The Morgan fingerprint density at radius 2 is 1.67 bits per heavy atom. The monoisotopic (exact) mass is 369 g/mol. The number of nitrogens with two attached hydrogens (primary N) is 2. The van der Waals surface area contributed by atoms with Crippen LogP contribution >= 0.6 is 0 Å². The number of carbonyl (C=O) groups excluding carboxylic acids is 2. The minimum atomic E-state index is -0.305. The first kappa shape index (κ1) is 19.9. The van der Waals surface area contributed by atoms with Crippen molar-refractivity contribution in [2.45, 2.75) is 12.8 Å². The van der Waals surface area contributed by atoms with E-state index < -0.39 is 0 Å². The lowest BCUT2D eigenvalue weighted by Gasteiger charge is -2.22. The maximum atomic E-state index is 12.5. The van der Waals surface area contributed by atoms with Crippen LogP contribution in [0.2, 0.25) is 0 Å². The Labute approximate surface area is 157 Å². The molecule has 27 heavy (non-hydrogen) atoms. The van der Waals surface area contributed by atoms with Crippen molar-refractivity contribution in [3.05, 3.63) is 54.1 Å². The van der Waals surface area contributed by atoms with Gasteiger partial charge in [-0.25, -0.2) is 0 Å². The van der Waals surface area contributed by atoms with Gasteiger partial charge in [0.1, 0.15) is 5.84 Å². The van der Waals surface area contributed by atoms with E-state index in [0.717, 1.165) is 0 Å². The molecule has 0 saturated carbocycles. The molecule has 2 amide bonds. The number of hydrogen-bond donors (Lipinski definition) is 5. The molecule has 142 valence electrons. The van der Waals surface area contributed by atoms with E-state index in [9.17, 15) is 14.7 Å². The summed E-state index contributed by atoms with van der Waals surface area (Å²) < 4.78 is 0. The number of nitrogen functional groups attached to an aromatic ring is 2. The zero-order chi connectivity index (χ0) is 19.8. The minimum absolute atomic E-state index is 0.00173. The fourth-order valence-corrected chi connectivity index (χ4v) is 2.46. The van der Waals surface area contributed by atoms with Gasteiger partial charge in [-0.3, -0.25) is 15.0 Å². The van der Waals surface area contributed by atoms with Gasteiger partial charge >= 0.3 is 0 Å². The average Bonchev–Trinajstić information content (AvgIpc) is 2.65. The highest BCUT2D eigenvalue weighted by Crippen LogP contribution is 2.18. The molecule has 2 aromatic carbocycles. The first-order valence-electron chi connectivity index (χ1n) is 8.42. The standard InChI is InChI=1S/C19H23N5O3/c20-14-3-7-16(8-4-14)24(11-12-25)18(27)10-9-17(26)23-15-5-1-13(2-6-15)19(21)22/h1-8,25H,9-12,20H2,(H3,21,22)(H,23,26). The van der Waals surface area contributed by atoms with Crippen LogP contribution in [0.5, 0.6) is 0 Å². The highest BCUT2D eigenvalue weighted by Gasteiger charge is 2.16. The van der Waals surface area contributed by atoms with Crippen molar-refractivity contribution in [3.63, 3.8) is 0 Å². The first-order valence-corrected chi connectivity index (χ1v) is 8.42. The molecule has 0 spiro atoms. The molecule has 8 nitrogen and oxygen atoms in total. The van der Waals surface area contributed by atoms with Crippen molar-refractivity contribution in [1.82, 2.24) is 0 Å². The number of benzene rings is 2. The maximum Gasteiger partial charge on any atom is 0.227 e. The Morgan fingerprint density at radius 3 is 2.22 bits per heavy atom. The SMILES string of the molecule is N=C(N)c1ccc(NC(=O)CCC(=O)N(CCO)c2ccc(N)cc2)cc1.